The van der Waals surface area contributed by atoms with E-state index in [0.717, 1.165) is 24.7 Å². The van der Waals surface area contributed by atoms with E-state index in [4.69, 9.17) is 10.2 Å². The molecule has 1 amide bonds. The second-order valence-electron chi connectivity index (χ2n) is 5.05. The molecule has 1 aromatic rings. The molecular formula is C16H19NO6. The molecule has 0 aliphatic carbocycles. The number of benzene rings is 1. The fourth-order valence-corrected chi connectivity index (χ4v) is 1.98. The summed E-state index contributed by atoms with van der Waals surface area (Å²) in [5.74, 6) is -2.96. The van der Waals surface area contributed by atoms with Crippen molar-refractivity contribution in [3.05, 3.63) is 35.4 Å². The molecule has 0 fully saturated rings. The van der Waals surface area contributed by atoms with Gasteiger partial charge in [-0.15, -0.1) is 0 Å². The van der Waals surface area contributed by atoms with Crippen molar-refractivity contribution in [3.63, 3.8) is 0 Å². The number of unbranched alkanes of at least 4 members (excludes halogenated alkanes) is 1. The van der Waals surface area contributed by atoms with Crippen LogP contribution in [0.15, 0.2) is 24.3 Å². The molecule has 0 saturated heterocycles. The highest BCUT2D eigenvalue weighted by Crippen LogP contribution is 2.09. The quantitative estimate of drug-likeness (QED) is 0.440. The Bertz CT molecular complexity index is 566. The zero-order chi connectivity index (χ0) is 17.2. The van der Waals surface area contributed by atoms with Crippen LogP contribution >= 0.6 is 0 Å². The highest BCUT2D eigenvalue weighted by Gasteiger charge is 2.21. The van der Waals surface area contributed by atoms with Crippen molar-refractivity contribution in [2.24, 2.45) is 0 Å². The summed E-state index contributed by atoms with van der Waals surface area (Å²) >= 11 is 0. The van der Waals surface area contributed by atoms with Crippen LogP contribution in [0, 0.1) is 0 Å². The number of nitrogens with one attached hydrogen (secondary N) is 1. The molecule has 7 nitrogen and oxygen atoms in total. The minimum atomic E-state index is -1.27. The Kier molecular flexibility index (Phi) is 7.45. The molecule has 0 aromatic heterocycles. The van der Waals surface area contributed by atoms with Gasteiger partial charge in [-0.1, -0.05) is 12.1 Å². The van der Waals surface area contributed by atoms with Crippen molar-refractivity contribution in [2.45, 2.75) is 38.1 Å². The minimum Gasteiger partial charge on any atom is -0.481 e. The maximum atomic E-state index is 12.0. The molecule has 1 atom stereocenters. The van der Waals surface area contributed by atoms with Gasteiger partial charge in [0.25, 0.3) is 5.91 Å². The average Bonchev–Trinajstić information content (AvgIpc) is 2.51. The number of aldehydes is 1. The first kappa shape index (κ1) is 18.3. The highest BCUT2D eigenvalue weighted by molar-refractivity contribution is 5.96. The van der Waals surface area contributed by atoms with Crippen molar-refractivity contribution in [2.75, 3.05) is 0 Å². The number of rotatable bonds is 10. The van der Waals surface area contributed by atoms with Crippen molar-refractivity contribution in [1.82, 2.24) is 5.32 Å². The van der Waals surface area contributed by atoms with Gasteiger partial charge in [-0.05, 0) is 37.0 Å². The summed E-state index contributed by atoms with van der Waals surface area (Å²) in [6.07, 6.45) is 2.26. The number of aliphatic carboxylic acids is 2. The zero-order valence-corrected chi connectivity index (χ0v) is 12.5. The summed E-state index contributed by atoms with van der Waals surface area (Å²) in [6, 6.07) is 5.38. The van der Waals surface area contributed by atoms with E-state index in [9.17, 15) is 19.2 Å². The Morgan fingerprint density at radius 1 is 1.13 bits per heavy atom. The number of amides is 1. The SMILES string of the molecule is O=CCCCc1ccc(C(=O)N[C@@H](CCC(=O)O)C(=O)O)cc1. The van der Waals surface area contributed by atoms with Crippen LogP contribution in [0.5, 0.6) is 0 Å². The Labute approximate surface area is 133 Å². The standard InChI is InChI=1S/C16H19NO6/c18-10-2-1-3-11-4-6-12(7-5-11)15(21)17-13(16(22)23)8-9-14(19)20/h4-7,10,13H,1-3,8-9H2,(H,17,21)(H,19,20)(H,22,23)/t13-/m0/s1. The van der Waals surface area contributed by atoms with E-state index in [1.165, 1.54) is 0 Å². The Balaban J connectivity index is 2.62. The number of hydrogen-bond donors (Lipinski definition) is 3. The molecule has 0 heterocycles. The van der Waals surface area contributed by atoms with E-state index >= 15 is 0 Å². The van der Waals surface area contributed by atoms with Gasteiger partial charge in [-0.25, -0.2) is 4.79 Å². The van der Waals surface area contributed by atoms with Crippen molar-refractivity contribution in [1.29, 1.82) is 0 Å². The summed E-state index contributed by atoms with van der Waals surface area (Å²) in [7, 11) is 0. The van der Waals surface area contributed by atoms with Gasteiger partial charge in [0.1, 0.15) is 12.3 Å². The number of hydrogen-bond acceptors (Lipinski definition) is 4. The van der Waals surface area contributed by atoms with E-state index in [0.29, 0.717) is 12.0 Å². The first-order chi connectivity index (χ1) is 10.9. The van der Waals surface area contributed by atoms with Gasteiger partial charge in [-0.2, -0.15) is 0 Å². The fourth-order valence-electron chi connectivity index (χ4n) is 1.98. The third-order valence-corrected chi connectivity index (χ3v) is 3.25. The van der Waals surface area contributed by atoms with Crippen LogP contribution in [-0.2, 0) is 20.8 Å². The Morgan fingerprint density at radius 2 is 1.78 bits per heavy atom. The highest BCUT2D eigenvalue weighted by atomic mass is 16.4. The van der Waals surface area contributed by atoms with Crippen molar-refractivity contribution >= 4 is 24.1 Å². The summed E-state index contributed by atoms with van der Waals surface area (Å²) in [5, 5.41) is 19.9. The molecule has 1 rings (SSSR count). The van der Waals surface area contributed by atoms with Crippen LogP contribution in [0.3, 0.4) is 0 Å². The largest absolute Gasteiger partial charge is 0.481 e. The first-order valence-corrected chi connectivity index (χ1v) is 7.22. The predicted octanol–water partition coefficient (Wildman–Crippen LogP) is 1.26. The summed E-state index contributed by atoms with van der Waals surface area (Å²) in [6.45, 7) is 0. The van der Waals surface area contributed by atoms with Gasteiger partial charge in [-0.3, -0.25) is 9.59 Å². The molecule has 1 aromatic carbocycles. The van der Waals surface area contributed by atoms with Gasteiger partial charge < -0.3 is 20.3 Å². The lowest BCUT2D eigenvalue weighted by Gasteiger charge is -2.13. The third kappa shape index (κ3) is 6.73. The van der Waals surface area contributed by atoms with Crippen LogP contribution in [0.4, 0.5) is 0 Å². The van der Waals surface area contributed by atoms with Crippen molar-refractivity contribution in [3.8, 4) is 0 Å². The van der Waals surface area contributed by atoms with E-state index < -0.39 is 23.9 Å². The number of carboxylic acids is 2. The second-order valence-corrected chi connectivity index (χ2v) is 5.05. The average molecular weight is 321 g/mol. The molecule has 0 aliphatic heterocycles. The molecular weight excluding hydrogens is 302 g/mol. The lowest BCUT2D eigenvalue weighted by atomic mass is 10.1. The van der Waals surface area contributed by atoms with Crippen molar-refractivity contribution < 1.29 is 29.4 Å². The molecule has 0 bridgehead atoms. The van der Waals surface area contributed by atoms with Crippen LogP contribution < -0.4 is 5.32 Å². The van der Waals surface area contributed by atoms with E-state index in [1.54, 1.807) is 24.3 Å². The van der Waals surface area contributed by atoms with Gasteiger partial charge in [0.15, 0.2) is 0 Å². The minimum absolute atomic E-state index is 0.180. The molecule has 23 heavy (non-hydrogen) atoms. The first-order valence-electron chi connectivity index (χ1n) is 7.22. The zero-order valence-electron chi connectivity index (χ0n) is 12.5. The number of aryl methyl sites for hydroxylation is 1. The smallest absolute Gasteiger partial charge is 0.326 e. The van der Waals surface area contributed by atoms with Gasteiger partial charge >= 0.3 is 11.9 Å². The Hall–Kier alpha value is -2.70. The molecule has 0 saturated carbocycles. The fraction of sp³-hybridized carbons (Fsp3) is 0.375. The molecule has 0 radical (unpaired) electrons. The maximum Gasteiger partial charge on any atom is 0.326 e. The summed E-state index contributed by atoms with van der Waals surface area (Å²) in [5.41, 5.74) is 1.27. The van der Waals surface area contributed by atoms with Crippen LogP contribution in [0.25, 0.3) is 0 Å². The molecule has 3 N–H and O–H groups in total. The predicted molar refractivity (Wildman–Crippen MR) is 81.2 cm³/mol. The van der Waals surface area contributed by atoms with Gasteiger partial charge in [0.2, 0.25) is 0 Å². The topological polar surface area (TPSA) is 121 Å². The number of carbonyl (C=O) groups is 4. The number of carboxylic acid groups (broad SMARTS) is 2. The molecule has 0 unspecified atom stereocenters. The second kappa shape index (κ2) is 9.34. The summed E-state index contributed by atoms with van der Waals surface area (Å²) < 4.78 is 0. The number of carbonyl (C=O) groups excluding carboxylic acids is 2. The molecule has 7 heteroatoms. The van der Waals surface area contributed by atoms with Crippen LogP contribution in [0.2, 0.25) is 0 Å². The van der Waals surface area contributed by atoms with E-state index in [-0.39, 0.29) is 12.8 Å². The molecule has 0 aliphatic rings. The molecule has 124 valence electrons. The summed E-state index contributed by atoms with van der Waals surface area (Å²) in [4.78, 5) is 43.8. The third-order valence-electron chi connectivity index (χ3n) is 3.25. The van der Waals surface area contributed by atoms with Crippen LogP contribution in [0.1, 0.15) is 41.6 Å². The van der Waals surface area contributed by atoms with Gasteiger partial charge in [0, 0.05) is 18.4 Å². The Morgan fingerprint density at radius 3 is 2.30 bits per heavy atom. The lowest BCUT2D eigenvalue weighted by molar-refractivity contribution is -0.140. The maximum absolute atomic E-state index is 12.0. The van der Waals surface area contributed by atoms with Crippen LogP contribution in [-0.4, -0.2) is 40.4 Å². The lowest BCUT2D eigenvalue weighted by Crippen LogP contribution is -2.41. The van der Waals surface area contributed by atoms with E-state index in [1.807, 2.05) is 0 Å². The monoisotopic (exact) mass is 321 g/mol. The molecule has 0 spiro atoms. The van der Waals surface area contributed by atoms with Gasteiger partial charge in [0.05, 0.1) is 0 Å². The normalized spacial score (nSPS) is 11.5. The van der Waals surface area contributed by atoms with E-state index in [2.05, 4.69) is 5.32 Å².